The summed E-state index contributed by atoms with van der Waals surface area (Å²) >= 11 is 6.72. The Labute approximate surface area is 175 Å². The van der Waals surface area contributed by atoms with Gasteiger partial charge in [0.15, 0.2) is 10.9 Å². The third kappa shape index (κ3) is 4.23. The van der Waals surface area contributed by atoms with Crippen LogP contribution in [0.5, 0.6) is 0 Å². The van der Waals surface area contributed by atoms with Gasteiger partial charge in [-0.25, -0.2) is 0 Å². The van der Waals surface area contributed by atoms with E-state index < -0.39 is 0 Å². The van der Waals surface area contributed by atoms with Crippen molar-refractivity contribution in [1.82, 2.24) is 25.1 Å². The highest BCUT2D eigenvalue weighted by atomic mass is 32.1. The van der Waals surface area contributed by atoms with Crippen molar-refractivity contribution in [2.24, 2.45) is 0 Å². The highest BCUT2D eigenvalue weighted by molar-refractivity contribution is 7.80. The number of fused-ring (bicyclic) bond motifs is 1. The first-order chi connectivity index (χ1) is 14.0. The van der Waals surface area contributed by atoms with Gasteiger partial charge >= 0.3 is 0 Å². The average molecular weight is 425 g/mol. The number of amides is 1. The van der Waals surface area contributed by atoms with E-state index in [1.165, 1.54) is 23.7 Å². The van der Waals surface area contributed by atoms with Crippen LogP contribution in [0.15, 0.2) is 47.1 Å². The van der Waals surface area contributed by atoms with E-state index in [0.29, 0.717) is 5.76 Å². The number of rotatable bonds is 4. The fraction of sp³-hybridized carbons (Fsp3) is 0.105. The number of nitrogens with one attached hydrogen (secondary N) is 2. The molecule has 4 aromatic rings. The molecule has 3 aromatic heterocycles. The van der Waals surface area contributed by atoms with Gasteiger partial charge in [0.05, 0.1) is 6.26 Å². The molecular weight excluding hydrogens is 408 g/mol. The highest BCUT2D eigenvalue weighted by Crippen LogP contribution is 2.29. The lowest BCUT2D eigenvalue weighted by molar-refractivity contribution is -0.115. The Morgan fingerprint density at radius 1 is 1.28 bits per heavy atom. The lowest BCUT2D eigenvalue weighted by Crippen LogP contribution is -2.33. The Balaban J connectivity index is 1.47. The van der Waals surface area contributed by atoms with Crippen LogP contribution in [-0.2, 0) is 4.79 Å². The molecule has 0 unspecified atom stereocenters. The number of aromatic nitrogens is 4. The van der Waals surface area contributed by atoms with Crippen LogP contribution in [0.1, 0.15) is 17.1 Å². The lowest BCUT2D eigenvalue weighted by Gasteiger charge is -2.12. The fourth-order valence-corrected chi connectivity index (χ4v) is 3.66. The van der Waals surface area contributed by atoms with Crippen LogP contribution >= 0.6 is 23.6 Å². The minimum atomic E-state index is -0.350. The minimum absolute atomic E-state index is 0.202. The highest BCUT2D eigenvalue weighted by Gasteiger charge is 2.12. The Hall–Kier alpha value is -3.37. The number of carbonyl (C=O) groups excluding carboxylic acids is 1. The van der Waals surface area contributed by atoms with Crippen LogP contribution in [0.3, 0.4) is 0 Å². The molecule has 1 amide bonds. The maximum atomic E-state index is 12.0. The van der Waals surface area contributed by atoms with E-state index in [-0.39, 0.29) is 11.0 Å². The van der Waals surface area contributed by atoms with Crippen molar-refractivity contribution in [2.75, 3.05) is 5.32 Å². The summed E-state index contributed by atoms with van der Waals surface area (Å²) in [4.78, 5) is 12.8. The number of carbonyl (C=O) groups is 1. The predicted molar refractivity (Wildman–Crippen MR) is 116 cm³/mol. The van der Waals surface area contributed by atoms with Crippen molar-refractivity contribution in [3.8, 4) is 10.6 Å². The Morgan fingerprint density at radius 3 is 2.90 bits per heavy atom. The lowest BCUT2D eigenvalue weighted by atomic mass is 10.1. The van der Waals surface area contributed by atoms with Crippen molar-refractivity contribution in [3.63, 3.8) is 0 Å². The van der Waals surface area contributed by atoms with Crippen LogP contribution in [0.4, 0.5) is 5.69 Å². The molecular formula is C19H16N6O2S2. The van der Waals surface area contributed by atoms with Gasteiger partial charge in [-0.15, -0.1) is 10.2 Å². The Morgan fingerprint density at radius 2 is 2.14 bits per heavy atom. The van der Waals surface area contributed by atoms with Crippen molar-refractivity contribution in [3.05, 3.63) is 59.8 Å². The van der Waals surface area contributed by atoms with Gasteiger partial charge in [0.2, 0.25) is 10.9 Å². The van der Waals surface area contributed by atoms with E-state index in [9.17, 15) is 4.79 Å². The van der Waals surface area contributed by atoms with Crippen LogP contribution < -0.4 is 10.6 Å². The fourth-order valence-electron chi connectivity index (χ4n) is 2.57. The van der Waals surface area contributed by atoms with Gasteiger partial charge in [0.1, 0.15) is 10.8 Å². The maximum Gasteiger partial charge on any atom is 0.250 e. The Kier molecular flexibility index (Phi) is 5.19. The zero-order valence-electron chi connectivity index (χ0n) is 15.5. The maximum absolute atomic E-state index is 12.0. The standard InChI is InChI=1S/C19H16N6O2S2/c1-11-5-6-13(17-24-25-12(2)22-23-19(25)29-17)10-15(11)20-18(28)21-16(26)8-7-14-4-3-9-27-14/h3-10H,1-2H3,(H2,20,21,26,28). The minimum Gasteiger partial charge on any atom is -0.465 e. The summed E-state index contributed by atoms with van der Waals surface area (Å²) in [5.41, 5.74) is 2.68. The topological polar surface area (TPSA) is 97.4 Å². The zero-order chi connectivity index (χ0) is 20.4. The molecule has 3 heterocycles. The largest absolute Gasteiger partial charge is 0.465 e. The van der Waals surface area contributed by atoms with Crippen LogP contribution in [0, 0.1) is 13.8 Å². The van der Waals surface area contributed by atoms with Crippen molar-refractivity contribution < 1.29 is 9.21 Å². The summed E-state index contributed by atoms with van der Waals surface area (Å²) in [6.45, 7) is 3.81. The number of furan rings is 1. The molecule has 4 rings (SSSR count). The average Bonchev–Trinajstić information content (AvgIpc) is 3.41. The van der Waals surface area contributed by atoms with E-state index in [4.69, 9.17) is 16.6 Å². The molecule has 2 N–H and O–H groups in total. The third-order valence-electron chi connectivity index (χ3n) is 4.06. The molecule has 8 nitrogen and oxygen atoms in total. The number of aryl methyl sites for hydroxylation is 2. The van der Waals surface area contributed by atoms with Crippen LogP contribution in [-0.4, -0.2) is 30.8 Å². The molecule has 0 aliphatic rings. The SMILES string of the molecule is Cc1ccc(-c2nn3c(C)nnc3s2)cc1NC(=S)NC(=O)C=Cc1ccco1. The molecule has 0 bridgehead atoms. The van der Waals surface area contributed by atoms with Gasteiger partial charge in [-0.1, -0.05) is 23.5 Å². The first-order valence-electron chi connectivity index (χ1n) is 8.63. The van der Waals surface area contributed by atoms with Crippen molar-refractivity contribution in [2.45, 2.75) is 13.8 Å². The molecule has 0 aliphatic heterocycles. The second-order valence-electron chi connectivity index (χ2n) is 6.17. The van der Waals surface area contributed by atoms with E-state index in [1.807, 2.05) is 32.0 Å². The normalized spacial score (nSPS) is 11.2. The number of thiocarbonyl (C=S) groups is 1. The smallest absolute Gasteiger partial charge is 0.250 e. The number of benzene rings is 1. The number of nitrogens with zero attached hydrogens (tertiary/aromatic N) is 4. The van der Waals surface area contributed by atoms with Gasteiger partial charge in [-0.3, -0.25) is 10.1 Å². The van der Waals surface area contributed by atoms with E-state index in [0.717, 1.165) is 32.6 Å². The molecule has 146 valence electrons. The first-order valence-corrected chi connectivity index (χ1v) is 9.85. The second kappa shape index (κ2) is 7.94. The molecule has 1 aromatic carbocycles. The third-order valence-corrected chi connectivity index (χ3v) is 5.21. The van der Waals surface area contributed by atoms with Gasteiger partial charge in [-0.05, 0) is 55.9 Å². The molecule has 0 aliphatic carbocycles. The van der Waals surface area contributed by atoms with E-state index in [2.05, 4.69) is 25.9 Å². The van der Waals surface area contributed by atoms with Crippen LogP contribution in [0.2, 0.25) is 0 Å². The summed E-state index contributed by atoms with van der Waals surface area (Å²) < 4.78 is 6.86. The summed E-state index contributed by atoms with van der Waals surface area (Å²) in [5.74, 6) is 0.971. The van der Waals surface area contributed by atoms with Gasteiger partial charge < -0.3 is 9.73 Å². The second-order valence-corrected chi connectivity index (χ2v) is 7.53. The molecule has 0 saturated heterocycles. The summed E-state index contributed by atoms with van der Waals surface area (Å²) in [7, 11) is 0. The van der Waals surface area contributed by atoms with E-state index in [1.54, 1.807) is 22.7 Å². The van der Waals surface area contributed by atoms with Gasteiger partial charge in [-0.2, -0.15) is 9.61 Å². The number of hydrogen-bond acceptors (Lipinski definition) is 7. The van der Waals surface area contributed by atoms with E-state index >= 15 is 0 Å². The quantitative estimate of drug-likeness (QED) is 0.382. The molecule has 29 heavy (non-hydrogen) atoms. The number of anilines is 1. The molecule has 0 fully saturated rings. The summed E-state index contributed by atoms with van der Waals surface area (Å²) in [6.07, 6.45) is 4.47. The Bertz CT molecular complexity index is 1220. The number of hydrogen-bond donors (Lipinski definition) is 2. The summed E-state index contributed by atoms with van der Waals surface area (Å²) in [6, 6.07) is 9.39. The molecule has 0 saturated carbocycles. The monoisotopic (exact) mass is 424 g/mol. The molecule has 0 spiro atoms. The van der Waals surface area contributed by atoms with Gasteiger partial charge in [0.25, 0.3) is 0 Å². The van der Waals surface area contributed by atoms with Crippen LogP contribution in [0.25, 0.3) is 21.6 Å². The first kappa shape index (κ1) is 19.0. The predicted octanol–water partition coefficient (Wildman–Crippen LogP) is 3.59. The molecule has 0 atom stereocenters. The van der Waals surface area contributed by atoms with Gasteiger partial charge in [0, 0.05) is 17.3 Å². The zero-order valence-corrected chi connectivity index (χ0v) is 17.2. The molecule has 0 radical (unpaired) electrons. The van der Waals surface area contributed by atoms with Crippen molar-refractivity contribution in [1.29, 1.82) is 0 Å². The van der Waals surface area contributed by atoms with Crippen molar-refractivity contribution >= 4 is 51.3 Å². The molecule has 10 heteroatoms. The summed E-state index contributed by atoms with van der Waals surface area (Å²) in [5, 5.41) is 19.4.